The highest BCUT2D eigenvalue weighted by molar-refractivity contribution is 6.22. The topological polar surface area (TPSA) is 66.9 Å². The van der Waals surface area contributed by atoms with Crippen molar-refractivity contribution in [2.45, 2.75) is 19.3 Å². The molecule has 2 heterocycles. The molecule has 3 aromatic carbocycles. The van der Waals surface area contributed by atoms with E-state index in [1.165, 1.54) is 4.90 Å². The molecule has 0 unspecified atom stereocenters. The molecule has 0 spiro atoms. The molecule has 3 aromatic rings. The highest BCUT2D eigenvalue weighted by Crippen LogP contribution is 2.37. The number of hydrogen-bond acceptors (Lipinski definition) is 4. The van der Waals surface area contributed by atoms with Crippen molar-refractivity contribution in [3.05, 3.63) is 94.5 Å². The van der Waals surface area contributed by atoms with Gasteiger partial charge in [-0.1, -0.05) is 42.5 Å². The van der Waals surface area contributed by atoms with Crippen LogP contribution in [0.2, 0.25) is 0 Å². The van der Waals surface area contributed by atoms with Crippen molar-refractivity contribution in [3.8, 4) is 5.75 Å². The van der Waals surface area contributed by atoms with E-state index in [0.29, 0.717) is 36.4 Å². The number of amides is 3. The maximum absolute atomic E-state index is 13.5. The van der Waals surface area contributed by atoms with Gasteiger partial charge in [0.1, 0.15) is 5.75 Å². The quantitative estimate of drug-likeness (QED) is 0.560. The smallest absolute Gasteiger partial charge is 0.261 e. The van der Waals surface area contributed by atoms with E-state index in [-0.39, 0.29) is 23.3 Å². The Balaban J connectivity index is 1.41. The van der Waals surface area contributed by atoms with E-state index >= 15 is 0 Å². The lowest BCUT2D eigenvalue weighted by atomic mass is 9.99. The largest absolute Gasteiger partial charge is 0.495 e. The highest BCUT2D eigenvalue weighted by atomic mass is 16.5. The molecular formula is C27H24N2O4. The Kier molecular flexibility index (Phi) is 5.42. The van der Waals surface area contributed by atoms with E-state index < -0.39 is 0 Å². The zero-order chi connectivity index (χ0) is 22.9. The zero-order valence-corrected chi connectivity index (χ0v) is 18.4. The minimum Gasteiger partial charge on any atom is -0.495 e. The van der Waals surface area contributed by atoms with Crippen molar-refractivity contribution in [2.24, 2.45) is 0 Å². The summed E-state index contributed by atoms with van der Waals surface area (Å²) in [6.45, 7) is 0.871. The van der Waals surface area contributed by atoms with Gasteiger partial charge in [-0.05, 0) is 54.7 Å². The van der Waals surface area contributed by atoms with Crippen molar-refractivity contribution in [2.75, 3.05) is 25.1 Å². The third-order valence-electron chi connectivity index (χ3n) is 6.33. The molecule has 3 amide bonds. The number of rotatable bonds is 5. The molecule has 6 heteroatoms. The predicted molar refractivity (Wildman–Crippen MR) is 125 cm³/mol. The van der Waals surface area contributed by atoms with Gasteiger partial charge < -0.3 is 9.64 Å². The first kappa shape index (κ1) is 20.9. The van der Waals surface area contributed by atoms with Gasteiger partial charge in [0.15, 0.2) is 0 Å². The molecular weight excluding hydrogens is 416 g/mol. The summed E-state index contributed by atoms with van der Waals surface area (Å²) in [5.41, 5.74) is 3.93. The molecule has 6 nitrogen and oxygen atoms in total. The van der Waals surface area contributed by atoms with Crippen LogP contribution >= 0.6 is 0 Å². The first-order valence-electron chi connectivity index (χ1n) is 11.1. The van der Waals surface area contributed by atoms with Gasteiger partial charge in [0.25, 0.3) is 17.7 Å². The van der Waals surface area contributed by atoms with Crippen LogP contribution in [-0.2, 0) is 12.8 Å². The number of nitrogens with zero attached hydrogens (tertiary/aromatic N) is 2. The molecule has 33 heavy (non-hydrogen) atoms. The number of carbonyl (C=O) groups excluding carboxylic acids is 3. The number of ether oxygens (including phenoxy) is 1. The summed E-state index contributed by atoms with van der Waals surface area (Å²) in [5.74, 6) is -0.210. The summed E-state index contributed by atoms with van der Waals surface area (Å²) in [6, 6.07) is 20.3. The zero-order valence-electron chi connectivity index (χ0n) is 18.4. The summed E-state index contributed by atoms with van der Waals surface area (Å²) in [7, 11) is 1.59. The van der Waals surface area contributed by atoms with E-state index in [2.05, 4.69) is 0 Å². The number of fused-ring (bicyclic) bond motifs is 2. The van der Waals surface area contributed by atoms with Crippen molar-refractivity contribution >= 4 is 23.4 Å². The fraction of sp³-hybridized carbons (Fsp3) is 0.222. The maximum atomic E-state index is 13.5. The number of para-hydroxylation sites is 1. The van der Waals surface area contributed by atoms with Gasteiger partial charge in [0.2, 0.25) is 0 Å². The van der Waals surface area contributed by atoms with Gasteiger partial charge in [-0.2, -0.15) is 0 Å². The number of methoxy groups -OCH3 is 1. The van der Waals surface area contributed by atoms with Crippen molar-refractivity contribution in [3.63, 3.8) is 0 Å². The van der Waals surface area contributed by atoms with Crippen LogP contribution < -0.4 is 9.64 Å². The van der Waals surface area contributed by atoms with Crippen LogP contribution in [0.1, 0.15) is 48.6 Å². The standard InChI is InChI=1S/C27H24N2O4/c1-33-23-11-5-9-19-10-6-15-28(24(19)23)25(30)20-12-13-21-22(17-20)27(32)29(26(21)31)16-14-18-7-3-2-4-8-18/h2-5,7-9,11-13,17H,6,10,14-16H2,1H3. The number of aryl methyl sites for hydroxylation is 1. The van der Waals surface area contributed by atoms with Gasteiger partial charge >= 0.3 is 0 Å². The van der Waals surface area contributed by atoms with Gasteiger partial charge in [-0.3, -0.25) is 19.3 Å². The Morgan fingerprint density at radius 1 is 0.939 bits per heavy atom. The predicted octanol–water partition coefficient (Wildman–Crippen LogP) is 4.13. The molecule has 0 aromatic heterocycles. The first-order valence-corrected chi connectivity index (χ1v) is 11.1. The molecule has 0 saturated carbocycles. The van der Waals surface area contributed by atoms with Gasteiger partial charge in [0, 0.05) is 18.7 Å². The second kappa shape index (κ2) is 8.54. The summed E-state index contributed by atoms with van der Waals surface area (Å²) in [4.78, 5) is 42.3. The van der Waals surface area contributed by atoms with Crippen LogP contribution in [0.15, 0.2) is 66.7 Å². The van der Waals surface area contributed by atoms with Crippen LogP contribution in [0.3, 0.4) is 0 Å². The second-order valence-corrected chi connectivity index (χ2v) is 8.29. The fourth-order valence-electron chi connectivity index (χ4n) is 4.65. The average molecular weight is 440 g/mol. The summed E-state index contributed by atoms with van der Waals surface area (Å²) >= 11 is 0. The lowest BCUT2D eigenvalue weighted by Crippen LogP contribution is -2.36. The van der Waals surface area contributed by atoms with Gasteiger partial charge in [0.05, 0.1) is 23.9 Å². The molecule has 2 aliphatic rings. The number of carbonyl (C=O) groups is 3. The molecule has 0 aliphatic carbocycles. The Hall–Kier alpha value is -3.93. The van der Waals surface area contributed by atoms with Gasteiger partial charge in [-0.25, -0.2) is 0 Å². The Morgan fingerprint density at radius 3 is 2.52 bits per heavy atom. The Morgan fingerprint density at radius 2 is 1.73 bits per heavy atom. The van der Waals surface area contributed by atoms with E-state index in [0.717, 1.165) is 29.7 Å². The highest BCUT2D eigenvalue weighted by Gasteiger charge is 2.36. The summed E-state index contributed by atoms with van der Waals surface area (Å²) in [5, 5.41) is 0. The second-order valence-electron chi connectivity index (χ2n) is 8.29. The molecule has 0 radical (unpaired) electrons. The fourth-order valence-corrected chi connectivity index (χ4v) is 4.65. The van der Waals surface area contributed by atoms with Crippen LogP contribution in [0.4, 0.5) is 5.69 Å². The van der Waals surface area contributed by atoms with Crippen molar-refractivity contribution in [1.82, 2.24) is 4.90 Å². The van der Waals surface area contributed by atoms with E-state index in [1.54, 1.807) is 30.2 Å². The van der Waals surface area contributed by atoms with E-state index in [9.17, 15) is 14.4 Å². The van der Waals surface area contributed by atoms with Crippen molar-refractivity contribution < 1.29 is 19.1 Å². The monoisotopic (exact) mass is 440 g/mol. The average Bonchev–Trinajstić information content (AvgIpc) is 3.10. The summed E-state index contributed by atoms with van der Waals surface area (Å²) < 4.78 is 5.51. The Labute approximate surface area is 192 Å². The lowest BCUT2D eigenvalue weighted by molar-refractivity contribution is 0.0656. The number of anilines is 1. The minimum absolute atomic E-state index is 0.203. The summed E-state index contributed by atoms with van der Waals surface area (Å²) in [6.07, 6.45) is 2.31. The molecule has 0 bridgehead atoms. The molecule has 2 aliphatic heterocycles. The van der Waals surface area contributed by atoms with Crippen LogP contribution in [0, 0.1) is 0 Å². The molecule has 0 atom stereocenters. The third kappa shape index (κ3) is 3.67. The maximum Gasteiger partial charge on any atom is 0.261 e. The minimum atomic E-state index is -0.350. The van der Waals surface area contributed by atoms with Crippen LogP contribution in [0.25, 0.3) is 0 Å². The van der Waals surface area contributed by atoms with Crippen LogP contribution in [-0.4, -0.2) is 42.8 Å². The number of benzene rings is 3. The number of imide groups is 1. The van der Waals surface area contributed by atoms with Crippen molar-refractivity contribution in [1.29, 1.82) is 0 Å². The first-order chi connectivity index (χ1) is 16.1. The molecule has 0 N–H and O–H groups in total. The van der Waals surface area contributed by atoms with Crippen LogP contribution in [0.5, 0.6) is 5.75 Å². The SMILES string of the molecule is COc1cccc2c1N(C(=O)c1ccc3c(c1)C(=O)N(CCc1ccccc1)C3=O)CCC2. The van der Waals surface area contributed by atoms with E-state index in [4.69, 9.17) is 4.74 Å². The third-order valence-corrected chi connectivity index (χ3v) is 6.33. The molecule has 166 valence electrons. The molecule has 0 saturated heterocycles. The normalized spacial score (nSPS) is 14.8. The van der Waals surface area contributed by atoms with Gasteiger partial charge in [-0.15, -0.1) is 0 Å². The molecule has 0 fully saturated rings. The lowest BCUT2D eigenvalue weighted by Gasteiger charge is -2.31. The number of hydrogen-bond donors (Lipinski definition) is 0. The van der Waals surface area contributed by atoms with E-state index in [1.807, 2.05) is 48.5 Å². The Bertz CT molecular complexity index is 1240. The molecule has 5 rings (SSSR count).